The first-order valence-corrected chi connectivity index (χ1v) is 11.2. The molecule has 0 bridgehead atoms. The Labute approximate surface area is 174 Å². The van der Waals surface area contributed by atoms with Crippen LogP contribution in [0, 0.1) is 11.7 Å². The fourth-order valence-electron chi connectivity index (χ4n) is 3.45. The van der Waals surface area contributed by atoms with Crippen LogP contribution in [0.4, 0.5) is 10.1 Å². The van der Waals surface area contributed by atoms with Crippen LogP contribution < -0.4 is 5.32 Å². The summed E-state index contributed by atoms with van der Waals surface area (Å²) in [4.78, 5) is 26.4. The van der Waals surface area contributed by atoms with E-state index < -0.39 is 21.7 Å². The number of rotatable bonds is 5. The number of piperazine rings is 1. The summed E-state index contributed by atoms with van der Waals surface area (Å²) in [5.41, 5.74) is 0.438. The van der Waals surface area contributed by atoms with Crippen molar-refractivity contribution in [2.75, 3.05) is 31.5 Å². The maximum atomic E-state index is 13.3. The van der Waals surface area contributed by atoms with Gasteiger partial charge in [0.2, 0.25) is 15.9 Å². The smallest absolute Gasteiger partial charge is 0.255 e. The minimum absolute atomic E-state index is 0.0105. The topological polar surface area (TPSA) is 86.8 Å². The first-order chi connectivity index (χ1) is 14.3. The van der Waals surface area contributed by atoms with E-state index in [1.807, 2.05) is 0 Å². The van der Waals surface area contributed by atoms with Gasteiger partial charge in [0, 0.05) is 43.3 Å². The number of amides is 2. The van der Waals surface area contributed by atoms with Gasteiger partial charge >= 0.3 is 0 Å². The normalized spacial score (nSPS) is 17.6. The number of sulfonamides is 1. The van der Waals surface area contributed by atoms with Crippen molar-refractivity contribution in [1.29, 1.82) is 0 Å². The van der Waals surface area contributed by atoms with Crippen LogP contribution in [0.1, 0.15) is 23.2 Å². The molecule has 1 aliphatic heterocycles. The highest BCUT2D eigenvalue weighted by molar-refractivity contribution is 7.89. The van der Waals surface area contributed by atoms with Crippen molar-refractivity contribution in [2.24, 2.45) is 5.92 Å². The third-order valence-electron chi connectivity index (χ3n) is 5.29. The number of carbonyl (C=O) groups excluding carboxylic acids is 2. The fourth-order valence-corrected chi connectivity index (χ4v) is 4.92. The number of hydrogen-bond donors (Lipinski definition) is 1. The fraction of sp³-hybridized carbons (Fsp3) is 0.333. The van der Waals surface area contributed by atoms with E-state index in [1.54, 1.807) is 11.0 Å². The number of carbonyl (C=O) groups is 2. The van der Waals surface area contributed by atoms with Gasteiger partial charge in [-0.1, -0.05) is 12.1 Å². The molecule has 1 N–H and O–H groups in total. The molecule has 2 fully saturated rings. The van der Waals surface area contributed by atoms with Gasteiger partial charge in [-0.3, -0.25) is 9.59 Å². The Balaban J connectivity index is 1.45. The van der Waals surface area contributed by atoms with Crippen molar-refractivity contribution in [3.05, 3.63) is 59.9 Å². The lowest BCUT2D eigenvalue weighted by molar-refractivity contribution is -0.133. The van der Waals surface area contributed by atoms with E-state index in [0.29, 0.717) is 13.1 Å². The summed E-state index contributed by atoms with van der Waals surface area (Å²) in [6, 6.07) is 11.2. The highest BCUT2D eigenvalue weighted by atomic mass is 32.2. The highest BCUT2D eigenvalue weighted by Gasteiger charge is 2.36. The first-order valence-electron chi connectivity index (χ1n) is 9.80. The van der Waals surface area contributed by atoms with Crippen LogP contribution in [0.25, 0.3) is 0 Å². The molecule has 2 aliphatic rings. The van der Waals surface area contributed by atoms with E-state index >= 15 is 0 Å². The van der Waals surface area contributed by atoms with Crippen molar-refractivity contribution >= 4 is 27.5 Å². The van der Waals surface area contributed by atoms with Gasteiger partial charge in [0.15, 0.2) is 0 Å². The molecular weight excluding hydrogens is 409 g/mol. The highest BCUT2D eigenvalue weighted by Crippen LogP contribution is 2.31. The molecule has 2 aromatic rings. The van der Waals surface area contributed by atoms with Crippen LogP contribution in [0.15, 0.2) is 53.4 Å². The number of nitrogens with zero attached hydrogens (tertiary/aromatic N) is 2. The molecule has 0 radical (unpaired) electrons. The zero-order valence-electron chi connectivity index (χ0n) is 16.3. The minimum Gasteiger partial charge on any atom is -0.340 e. The molecule has 1 saturated carbocycles. The summed E-state index contributed by atoms with van der Waals surface area (Å²) in [6.07, 6.45) is 1.84. The second-order valence-corrected chi connectivity index (χ2v) is 9.43. The van der Waals surface area contributed by atoms with Gasteiger partial charge in [0.05, 0.1) is 4.90 Å². The molecule has 0 atom stereocenters. The SMILES string of the molecule is O=C(Nc1cccc(F)c1)c1cccc(S(=O)(=O)N2CCN(C(=O)C3CC3)CC2)c1. The van der Waals surface area contributed by atoms with Crippen molar-refractivity contribution in [3.63, 3.8) is 0 Å². The number of anilines is 1. The molecule has 4 rings (SSSR count). The first kappa shape index (κ1) is 20.5. The quantitative estimate of drug-likeness (QED) is 0.787. The molecule has 1 heterocycles. The Kier molecular flexibility index (Phi) is 5.57. The maximum absolute atomic E-state index is 13.3. The van der Waals surface area contributed by atoms with E-state index in [2.05, 4.69) is 5.32 Å². The second-order valence-electron chi connectivity index (χ2n) is 7.50. The van der Waals surface area contributed by atoms with E-state index in [4.69, 9.17) is 0 Å². The summed E-state index contributed by atoms with van der Waals surface area (Å²) < 4.78 is 40.7. The molecule has 0 spiro atoms. The average Bonchev–Trinajstić information content (AvgIpc) is 3.59. The Hall–Kier alpha value is -2.78. The Morgan fingerprint density at radius 1 is 0.967 bits per heavy atom. The molecule has 1 aliphatic carbocycles. The predicted octanol–water partition coefficient (Wildman–Crippen LogP) is 2.32. The Morgan fingerprint density at radius 3 is 2.33 bits per heavy atom. The molecule has 9 heteroatoms. The largest absolute Gasteiger partial charge is 0.340 e. The maximum Gasteiger partial charge on any atom is 0.255 e. The summed E-state index contributed by atoms with van der Waals surface area (Å²) in [6.45, 7) is 1.18. The number of hydrogen-bond acceptors (Lipinski definition) is 4. The second kappa shape index (κ2) is 8.16. The zero-order chi connectivity index (χ0) is 21.3. The van der Waals surface area contributed by atoms with Crippen molar-refractivity contribution < 1.29 is 22.4 Å². The zero-order valence-corrected chi connectivity index (χ0v) is 17.1. The number of benzene rings is 2. The summed E-state index contributed by atoms with van der Waals surface area (Å²) in [5, 5.41) is 2.56. The Morgan fingerprint density at radius 2 is 1.67 bits per heavy atom. The molecule has 0 aromatic heterocycles. The van der Waals surface area contributed by atoms with Gasteiger partial charge < -0.3 is 10.2 Å². The lowest BCUT2D eigenvalue weighted by atomic mass is 10.2. The van der Waals surface area contributed by atoms with Gasteiger partial charge in [0.25, 0.3) is 5.91 Å². The molecule has 0 unspecified atom stereocenters. The van der Waals surface area contributed by atoms with Crippen molar-refractivity contribution in [1.82, 2.24) is 9.21 Å². The van der Waals surface area contributed by atoms with Crippen LogP contribution >= 0.6 is 0 Å². The number of halogens is 1. The lowest BCUT2D eigenvalue weighted by Crippen LogP contribution is -2.50. The van der Waals surface area contributed by atoms with Crippen LogP contribution in [-0.4, -0.2) is 55.6 Å². The Bertz CT molecular complexity index is 1080. The minimum atomic E-state index is -3.80. The van der Waals surface area contributed by atoms with E-state index in [1.165, 1.54) is 46.8 Å². The van der Waals surface area contributed by atoms with Crippen LogP contribution in [0.2, 0.25) is 0 Å². The van der Waals surface area contributed by atoms with Crippen molar-refractivity contribution in [3.8, 4) is 0 Å². The third kappa shape index (κ3) is 4.36. The van der Waals surface area contributed by atoms with Gasteiger partial charge in [0.1, 0.15) is 5.82 Å². The molecule has 158 valence electrons. The van der Waals surface area contributed by atoms with Crippen LogP contribution in [-0.2, 0) is 14.8 Å². The number of nitrogens with one attached hydrogen (secondary N) is 1. The van der Waals surface area contributed by atoms with Gasteiger partial charge in [-0.05, 0) is 49.2 Å². The van der Waals surface area contributed by atoms with Gasteiger partial charge in [-0.2, -0.15) is 4.31 Å². The molecule has 30 heavy (non-hydrogen) atoms. The standard InChI is InChI=1S/C21H22FN3O4S/c22-17-4-2-5-18(14-17)23-20(26)16-3-1-6-19(13-16)30(28,29)25-11-9-24(10-12-25)21(27)15-7-8-15/h1-6,13-15H,7-12H2,(H,23,26). The molecule has 2 amide bonds. The molecule has 2 aromatic carbocycles. The van der Waals surface area contributed by atoms with E-state index in [0.717, 1.165) is 12.8 Å². The van der Waals surface area contributed by atoms with Gasteiger partial charge in [-0.15, -0.1) is 0 Å². The molecule has 7 nitrogen and oxygen atoms in total. The summed E-state index contributed by atoms with van der Waals surface area (Å²) >= 11 is 0. The molecule has 1 saturated heterocycles. The molecular formula is C21H22FN3O4S. The summed E-state index contributed by atoms with van der Waals surface area (Å²) in [7, 11) is -3.80. The van der Waals surface area contributed by atoms with Crippen LogP contribution in [0.5, 0.6) is 0 Å². The summed E-state index contributed by atoms with van der Waals surface area (Å²) in [5.74, 6) is -0.787. The van der Waals surface area contributed by atoms with Crippen molar-refractivity contribution in [2.45, 2.75) is 17.7 Å². The van der Waals surface area contributed by atoms with E-state index in [9.17, 15) is 22.4 Å². The van der Waals surface area contributed by atoms with E-state index in [-0.39, 0.29) is 41.1 Å². The predicted molar refractivity (Wildman–Crippen MR) is 109 cm³/mol. The van der Waals surface area contributed by atoms with Gasteiger partial charge in [-0.25, -0.2) is 12.8 Å². The monoisotopic (exact) mass is 431 g/mol. The third-order valence-corrected chi connectivity index (χ3v) is 7.19. The van der Waals surface area contributed by atoms with Crippen LogP contribution in [0.3, 0.4) is 0 Å². The average molecular weight is 431 g/mol. The lowest BCUT2D eigenvalue weighted by Gasteiger charge is -2.34.